The van der Waals surface area contributed by atoms with Crippen molar-refractivity contribution in [3.8, 4) is 5.75 Å². The zero-order chi connectivity index (χ0) is 56.1. The van der Waals surface area contributed by atoms with Crippen molar-refractivity contribution in [2.24, 2.45) is 34.0 Å². The summed E-state index contributed by atoms with van der Waals surface area (Å²) in [7, 11) is 1.48. The maximum Gasteiger partial charge on any atom is 0.326 e. The first-order valence-electron chi connectivity index (χ1n) is 25.1. The van der Waals surface area contributed by atoms with Crippen molar-refractivity contribution in [2.45, 2.75) is 134 Å². The Hall–Kier alpha value is -8.09. The molecule has 25 heteroatoms. The molecule has 15 N–H and O–H groups in total. The first kappa shape index (κ1) is 60.5. The van der Waals surface area contributed by atoms with Crippen LogP contribution in [0.1, 0.15) is 83.0 Å². The van der Waals surface area contributed by atoms with Gasteiger partial charge in [-0.2, -0.15) is 0 Å². The van der Waals surface area contributed by atoms with Gasteiger partial charge in [0.1, 0.15) is 48.0 Å². The molecule has 9 atom stereocenters. The Morgan fingerprint density at radius 1 is 0.763 bits per heavy atom. The van der Waals surface area contributed by atoms with E-state index in [1.807, 2.05) is 0 Å². The highest BCUT2D eigenvalue weighted by molar-refractivity contribution is 5.98. The number of aromatic amines is 1. The Kier molecular flexibility index (Phi) is 23.6. The molecule has 414 valence electrons. The topological polar surface area (TPSA) is 398 Å². The van der Waals surface area contributed by atoms with Gasteiger partial charge in [0.2, 0.25) is 41.4 Å². The number of carboxylic acids is 2. The number of aliphatic imine (C=N–C) groups is 1. The number of benzene rings is 2. The number of aromatic nitrogens is 2. The molecule has 1 aliphatic heterocycles. The van der Waals surface area contributed by atoms with E-state index in [2.05, 4.69) is 46.9 Å². The molecular formula is C51H73N13O12. The van der Waals surface area contributed by atoms with Crippen LogP contribution >= 0.6 is 0 Å². The summed E-state index contributed by atoms with van der Waals surface area (Å²) in [5, 5.41) is 35.3. The molecule has 0 saturated carbocycles. The van der Waals surface area contributed by atoms with Crippen LogP contribution in [0, 0.1) is 11.8 Å². The summed E-state index contributed by atoms with van der Waals surface area (Å²) < 4.78 is 5.30. The van der Waals surface area contributed by atoms with Crippen LogP contribution in [0.5, 0.6) is 5.75 Å². The van der Waals surface area contributed by atoms with E-state index in [4.69, 9.17) is 21.9 Å². The third-order valence-corrected chi connectivity index (χ3v) is 12.9. The molecule has 0 aliphatic carbocycles. The number of imidazole rings is 1. The van der Waals surface area contributed by atoms with E-state index in [-0.39, 0.29) is 57.6 Å². The van der Waals surface area contributed by atoms with E-state index in [1.54, 1.807) is 82.3 Å². The normalized spacial score (nSPS) is 16.2. The number of methoxy groups -OCH3 is 1. The van der Waals surface area contributed by atoms with Gasteiger partial charge in [-0.15, -0.1) is 0 Å². The molecule has 1 fully saturated rings. The minimum absolute atomic E-state index is 0.00301. The number of guanidine groups is 1. The fourth-order valence-electron chi connectivity index (χ4n) is 8.44. The number of carboxylic acid groups (broad SMARTS) is 2. The maximum absolute atomic E-state index is 14.7. The number of carbonyl (C=O) groups is 9. The Morgan fingerprint density at radius 3 is 1.96 bits per heavy atom. The fourth-order valence-corrected chi connectivity index (χ4v) is 8.44. The molecule has 7 amide bonds. The lowest BCUT2D eigenvalue weighted by Gasteiger charge is -2.32. The summed E-state index contributed by atoms with van der Waals surface area (Å²) in [6.45, 7) is 6.99. The smallest absolute Gasteiger partial charge is 0.326 e. The number of carbonyl (C=O) groups excluding carboxylic acids is 7. The van der Waals surface area contributed by atoms with Crippen molar-refractivity contribution >= 4 is 59.2 Å². The summed E-state index contributed by atoms with van der Waals surface area (Å²) in [6, 6.07) is 4.97. The third kappa shape index (κ3) is 18.7. The summed E-state index contributed by atoms with van der Waals surface area (Å²) in [5.41, 5.74) is 18.4. The number of H-pyrrole nitrogens is 1. The molecule has 0 radical (unpaired) electrons. The molecule has 3 aromatic rings. The molecule has 76 heavy (non-hydrogen) atoms. The number of nitrogens with one attached hydrogen (secondary N) is 7. The van der Waals surface area contributed by atoms with Gasteiger partial charge < -0.3 is 73.9 Å². The molecule has 0 unspecified atom stereocenters. The average molecular weight is 1060 g/mol. The van der Waals surface area contributed by atoms with Crippen LogP contribution in [0.15, 0.2) is 72.1 Å². The zero-order valence-corrected chi connectivity index (χ0v) is 43.5. The average Bonchev–Trinajstić information content (AvgIpc) is 4.10. The number of hydrogen-bond acceptors (Lipinski definition) is 13. The van der Waals surface area contributed by atoms with Crippen molar-refractivity contribution in [3.63, 3.8) is 0 Å². The predicted molar refractivity (Wildman–Crippen MR) is 278 cm³/mol. The molecule has 4 rings (SSSR count). The van der Waals surface area contributed by atoms with Crippen LogP contribution in [0.4, 0.5) is 0 Å². The van der Waals surface area contributed by atoms with Crippen molar-refractivity contribution in [3.05, 3.63) is 83.9 Å². The van der Waals surface area contributed by atoms with Gasteiger partial charge in [-0.3, -0.25) is 43.3 Å². The molecular weight excluding hydrogens is 987 g/mol. The highest BCUT2D eigenvalue weighted by Crippen LogP contribution is 2.21. The first-order chi connectivity index (χ1) is 36.1. The van der Waals surface area contributed by atoms with E-state index in [0.717, 1.165) is 0 Å². The van der Waals surface area contributed by atoms with Gasteiger partial charge in [0.05, 0.1) is 25.9 Å². The number of ether oxygens (including phenoxy) is 1. The summed E-state index contributed by atoms with van der Waals surface area (Å²) >= 11 is 0. The molecule has 25 nitrogen and oxygen atoms in total. The largest absolute Gasteiger partial charge is 0.497 e. The second-order valence-corrected chi connectivity index (χ2v) is 19.1. The molecule has 2 heterocycles. The summed E-state index contributed by atoms with van der Waals surface area (Å²) in [5.74, 6) is -8.88. The number of rotatable bonds is 30. The van der Waals surface area contributed by atoms with Crippen LogP contribution in [-0.4, -0.2) is 153 Å². The Balaban J connectivity index is 1.60. The fraction of sp³-hybridized carbons (Fsp3) is 0.510. The van der Waals surface area contributed by atoms with E-state index in [0.29, 0.717) is 35.4 Å². The van der Waals surface area contributed by atoms with Crippen LogP contribution in [0.3, 0.4) is 0 Å². The maximum atomic E-state index is 14.7. The van der Waals surface area contributed by atoms with Crippen molar-refractivity contribution < 1.29 is 58.1 Å². The van der Waals surface area contributed by atoms with Crippen molar-refractivity contribution in [2.75, 3.05) is 20.2 Å². The Labute approximate surface area is 440 Å². The number of nitrogens with zero attached hydrogens (tertiary/aromatic N) is 3. The Morgan fingerprint density at radius 2 is 1.37 bits per heavy atom. The van der Waals surface area contributed by atoms with Crippen LogP contribution in [-0.2, 0) is 62.4 Å². The molecule has 1 aromatic heterocycles. The van der Waals surface area contributed by atoms with Gasteiger partial charge in [-0.25, -0.2) is 9.78 Å². The van der Waals surface area contributed by atoms with Gasteiger partial charge in [-0.1, -0.05) is 76.6 Å². The highest BCUT2D eigenvalue weighted by Gasteiger charge is 2.41. The number of aliphatic carboxylic acids is 2. The molecule has 0 bridgehead atoms. The third-order valence-electron chi connectivity index (χ3n) is 12.9. The number of hydrogen-bond donors (Lipinski definition) is 12. The lowest BCUT2D eigenvalue weighted by molar-refractivity contribution is -0.145. The number of nitrogens with two attached hydrogens (primary N) is 3. The number of amides is 7. The van der Waals surface area contributed by atoms with Gasteiger partial charge in [0.25, 0.3) is 0 Å². The minimum Gasteiger partial charge on any atom is -0.497 e. The molecule has 2 aromatic carbocycles. The quantitative estimate of drug-likeness (QED) is 0.0216. The monoisotopic (exact) mass is 1060 g/mol. The molecule has 1 aliphatic rings. The first-order valence-corrected chi connectivity index (χ1v) is 25.1. The molecule has 1 saturated heterocycles. The summed E-state index contributed by atoms with van der Waals surface area (Å²) in [4.78, 5) is 135. The van der Waals surface area contributed by atoms with E-state index in [9.17, 15) is 53.4 Å². The van der Waals surface area contributed by atoms with Gasteiger partial charge in [-0.05, 0) is 60.8 Å². The standard InChI is InChI=1S/C51H73N13O12/c1-6-29(4)42(48(72)60-37(24-32-26-55-27-57-32)49(73)64-21-11-15-39(64)46(70)61-38(50(74)75)23-30-12-8-7-9-13-30)63-45(69)36(22-31-16-18-33(76-5)19-17-31)59-47(71)41(28(2)3)62-44(68)35(14-10-20-56-51(53)54)58-43(67)34(52)25-40(65)66/h7-9,12-13,16-19,26-29,34-39,41-42H,6,10-11,14-15,20-25,52H2,1-5H3,(H,55,57)(H,58,67)(H,59,71)(H,60,72)(H,61,70)(H,62,68)(H,63,69)(H,65,66)(H,74,75)(H4,53,54,56)/t29-,34-,35-,36-,37-,38-,39+,41-,42-/m0/s1. The van der Waals surface area contributed by atoms with Crippen LogP contribution in [0.25, 0.3) is 0 Å². The highest BCUT2D eigenvalue weighted by atomic mass is 16.5. The van der Waals surface area contributed by atoms with Crippen LogP contribution in [0.2, 0.25) is 0 Å². The summed E-state index contributed by atoms with van der Waals surface area (Å²) in [6.07, 6.45) is 3.07. The lowest BCUT2D eigenvalue weighted by Crippen LogP contribution is -2.62. The van der Waals surface area contributed by atoms with E-state index in [1.165, 1.54) is 24.5 Å². The number of likely N-dealkylation sites (tertiary alicyclic amines) is 1. The minimum atomic E-state index is -1.50. The second kappa shape index (κ2) is 29.7. The van der Waals surface area contributed by atoms with Crippen molar-refractivity contribution in [1.29, 1.82) is 0 Å². The van der Waals surface area contributed by atoms with Gasteiger partial charge in [0, 0.05) is 44.2 Å². The van der Waals surface area contributed by atoms with Gasteiger partial charge in [0.15, 0.2) is 5.96 Å². The van der Waals surface area contributed by atoms with Gasteiger partial charge >= 0.3 is 11.9 Å². The lowest BCUT2D eigenvalue weighted by atomic mass is 9.96. The Bertz CT molecular complexity index is 2470. The predicted octanol–water partition coefficient (Wildman–Crippen LogP) is -1.01. The van der Waals surface area contributed by atoms with E-state index >= 15 is 0 Å². The zero-order valence-electron chi connectivity index (χ0n) is 43.5. The van der Waals surface area contributed by atoms with E-state index < -0.39 is 120 Å². The van der Waals surface area contributed by atoms with Crippen molar-refractivity contribution in [1.82, 2.24) is 46.8 Å². The second-order valence-electron chi connectivity index (χ2n) is 19.1. The SMILES string of the molecule is CC[C@H](C)[C@H](NC(=O)[C@H](Cc1ccc(OC)cc1)NC(=O)[C@@H](NC(=O)[C@H](CCCN=C(N)N)NC(=O)[C@@H](N)CC(=O)O)C(C)C)C(=O)N[C@@H](Cc1cnc[nH]1)C(=O)N1CCC[C@@H]1C(=O)N[C@@H](Cc1ccccc1)C(=O)O. The molecule has 0 spiro atoms. The van der Waals surface area contributed by atoms with Crippen LogP contribution < -0.4 is 53.8 Å².